The van der Waals surface area contributed by atoms with E-state index in [1.165, 1.54) is 35.3 Å². The second kappa shape index (κ2) is 15.5. The van der Waals surface area contributed by atoms with E-state index in [2.05, 4.69) is 24.8 Å². The van der Waals surface area contributed by atoms with Crippen molar-refractivity contribution < 1.29 is 39.5 Å². The van der Waals surface area contributed by atoms with Gasteiger partial charge in [-0.1, -0.05) is 43.2 Å². The van der Waals surface area contributed by atoms with E-state index in [9.17, 15) is 34.8 Å². The molecule has 0 spiro atoms. The van der Waals surface area contributed by atoms with E-state index in [4.69, 9.17) is 4.74 Å². The van der Waals surface area contributed by atoms with Crippen molar-refractivity contribution in [2.45, 2.75) is 71.0 Å². The molecule has 1 amide bonds. The fourth-order valence-corrected chi connectivity index (χ4v) is 7.17. The zero-order valence-electron chi connectivity index (χ0n) is 30.5. The average Bonchev–Trinajstić information content (AvgIpc) is 3.56. The smallest absolute Gasteiger partial charge is 0.397 e. The summed E-state index contributed by atoms with van der Waals surface area (Å²) in [5.41, 5.74) is -1.50. The molecular formula is C35H43F3N8O6S2. The number of fused-ring (bicyclic) bond motifs is 6. The summed E-state index contributed by atoms with van der Waals surface area (Å²) in [6, 6.07) is 13.3. The van der Waals surface area contributed by atoms with E-state index in [-0.39, 0.29) is 40.6 Å². The van der Waals surface area contributed by atoms with Crippen LogP contribution in [0.1, 0.15) is 58.9 Å². The minimum absolute atomic E-state index is 0.0439. The fraction of sp³-hybridized carbons (Fsp3) is 0.457. The van der Waals surface area contributed by atoms with Crippen molar-refractivity contribution in [3.05, 3.63) is 66.5 Å². The summed E-state index contributed by atoms with van der Waals surface area (Å²) in [5, 5.41) is 3.98. The Morgan fingerprint density at radius 3 is 2.43 bits per heavy atom. The number of carbonyl (C=O) groups is 1. The molecular weight excluding hydrogens is 750 g/mol. The number of ether oxygens (including phenoxy) is 1. The Morgan fingerprint density at radius 2 is 1.70 bits per heavy atom. The minimum Gasteiger partial charge on any atom is -0.476 e. The van der Waals surface area contributed by atoms with Crippen molar-refractivity contribution in [1.29, 1.82) is 0 Å². The predicted molar refractivity (Wildman–Crippen MR) is 196 cm³/mol. The summed E-state index contributed by atoms with van der Waals surface area (Å²) in [4.78, 5) is 28.3. The number of rotatable bonds is 8. The van der Waals surface area contributed by atoms with Gasteiger partial charge in [0.2, 0.25) is 21.8 Å². The molecule has 4 aromatic rings. The van der Waals surface area contributed by atoms with Crippen molar-refractivity contribution in [2.75, 3.05) is 35.6 Å². The van der Waals surface area contributed by atoms with Crippen molar-refractivity contribution in [3.63, 3.8) is 0 Å². The van der Waals surface area contributed by atoms with Crippen molar-refractivity contribution >= 4 is 37.6 Å². The van der Waals surface area contributed by atoms with Gasteiger partial charge in [0.1, 0.15) is 18.1 Å². The van der Waals surface area contributed by atoms with E-state index in [1.54, 1.807) is 24.8 Å². The number of pyridine rings is 1. The molecule has 1 aromatic carbocycles. The molecule has 0 saturated carbocycles. The zero-order valence-corrected chi connectivity index (χ0v) is 32.1. The molecule has 0 atom stereocenters. The standard InChI is InChI=1S/C35H43F3N8O6S2/c1-33(2,32(47)44-53(5,48)49)22-45-19-11-7-6-8-13-24-14-9-10-15-25(24)30-31(46-20-18-28(42-46)52-23-34(3,4)35(36,37)38)39-21-26(40-30)43-54(50,51)29-17-12-16-27(45)41-29/h9-10,12,14-18,20-21H,6-8,11,13,19,22-23H2,1-5H3,(H,40,43)(H,44,47). The van der Waals surface area contributed by atoms with Crippen LogP contribution in [-0.4, -0.2) is 79.6 Å². The number of benzene rings is 1. The minimum atomic E-state index is -4.49. The molecule has 1 aliphatic rings. The highest BCUT2D eigenvalue weighted by atomic mass is 32.2. The van der Waals surface area contributed by atoms with Crippen LogP contribution >= 0.6 is 0 Å². The average molecular weight is 793 g/mol. The highest BCUT2D eigenvalue weighted by Crippen LogP contribution is 2.38. The first kappa shape index (κ1) is 40.4. The highest BCUT2D eigenvalue weighted by Gasteiger charge is 2.48. The summed E-state index contributed by atoms with van der Waals surface area (Å²) in [5.74, 6) is -0.451. The number of halogens is 3. The number of aromatic nitrogens is 5. The van der Waals surface area contributed by atoms with Gasteiger partial charge >= 0.3 is 6.18 Å². The highest BCUT2D eigenvalue weighted by molar-refractivity contribution is 7.92. The van der Waals surface area contributed by atoms with Crippen LogP contribution in [0.25, 0.3) is 17.1 Å². The summed E-state index contributed by atoms with van der Waals surface area (Å²) in [7, 11) is -8.18. The van der Waals surface area contributed by atoms with Gasteiger partial charge in [0.15, 0.2) is 16.7 Å². The molecule has 0 fully saturated rings. The molecule has 4 heterocycles. The number of carbonyl (C=O) groups excluding carboxylic acids is 1. The SMILES string of the molecule is CC(C)(CN1CCCCCCc2ccccc2-c2nc(cnc2-n2ccc(OCC(C)(C)C(F)(F)F)n2)NS(=O)(=O)c2cccc1n2)C(=O)NS(C)(=O)=O. The van der Waals surface area contributed by atoms with Crippen LogP contribution in [0.2, 0.25) is 0 Å². The quantitative estimate of drug-likeness (QED) is 0.230. The number of nitrogens with one attached hydrogen (secondary N) is 2. The molecule has 5 rings (SSSR count). The Morgan fingerprint density at radius 1 is 0.981 bits per heavy atom. The van der Waals surface area contributed by atoms with Gasteiger partial charge in [-0.15, -0.1) is 5.10 Å². The number of nitrogens with zero attached hydrogens (tertiary/aromatic N) is 6. The number of hydrogen-bond donors (Lipinski definition) is 2. The third kappa shape index (κ3) is 9.85. The van der Waals surface area contributed by atoms with Crippen LogP contribution in [0.15, 0.2) is 66.0 Å². The number of alkyl halides is 3. The molecule has 3 aromatic heterocycles. The maximum atomic E-state index is 13.8. The number of sulfonamides is 2. The van der Waals surface area contributed by atoms with Gasteiger partial charge in [-0.25, -0.2) is 28.1 Å². The molecule has 0 radical (unpaired) electrons. The second-order valence-electron chi connectivity index (χ2n) is 14.5. The maximum Gasteiger partial charge on any atom is 0.397 e. The van der Waals surface area contributed by atoms with E-state index >= 15 is 0 Å². The molecule has 19 heteroatoms. The summed E-state index contributed by atoms with van der Waals surface area (Å²) in [6.45, 7) is 5.04. The van der Waals surface area contributed by atoms with E-state index in [1.807, 2.05) is 29.0 Å². The Labute approximate surface area is 312 Å². The number of amides is 1. The van der Waals surface area contributed by atoms with Gasteiger partial charge in [0, 0.05) is 30.9 Å². The van der Waals surface area contributed by atoms with E-state index in [0.29, 0.717) is 24.9 Å². The first-order chi connectivity index (χ1) is 25.2. The van der Waals surface area contributed by atoms with E-state index in [0.717, 1.165) is 44.9 Å². The van der Waals surface area contributed by atoms with Crippen LogP contribution in [0.5, 0.6) is 5.88 Å². The molecule has 0 aliphatic carbocycles. The molecule has 4 bridgehead atoms. The van der Waals surface area contributed by atoms with Crippen molar-refractivity contribution in [1.82, 2.24) is 29.5 Å². The van der Waals surface area contributed by atoms with Crippen LogP contribution in [0.4, 0.5) is 24.8 Å². The fourth-order valence-electron chi connectivity index (χ4n) is 5.61. The maximum absolute atomic E-state index is 13.8. The first-order valence-corrected chi connectivity index (χ1v) is 20.5. The van der Waals surface area contributed by atoms with Crippen molar-refractivity contribution in [2.24, 2.45) is 10.8 Å². The monoisotopic (exact) mass is 792 g/mol. The Bertz CT molecular complexity index is 2210. The Kier molecular flexibility index (Phi) is 11.6. The summed E-state index contributed by atoms with van der Waals surface area (Å²) >= 11 is 0. The molecule has 292 valence electrons. The first-order valence-electron chi connectivity index (χ1n) is 17.1. The summed E-state index contributed by atoms with van der Waals surface area (Å²) in [6.07, 6.45) is 2.78. The molecule has 54 heavy (non-hydrogen) atoms. The Balaban J connectivity index is 1.52. The molecule has 1 aliphatic heterocycles. The van der Waals surface area contributed by atoms with Gasteiger partial charge in [-0.05, 0) is 64.7 Å². The third-order valence-corrected chi connectivity index (χ3v) is 10.6. The van der Waals surface area contributed by atoms with Gasteiger partial charge in [-0.3, -0.25) is 14.2 Å². The van der Waals surface area contributed by atoms with Crippen LogP contribution in [0, 0.1) is 10.8 Å². The topological polar surface area (TPSA) is 178 Å². The number of hydrogen-bond acceptors (Lipinski definition) is 11. The van der Waals surface area contributed by atoms with E-state index < -0.39 is 49.6 Å². The largest absolute Gasteiger partial charge is 0.476 e. The lowest BCUT2D eigenvalue weighted by Gasteiger charge is -2.32. The lowest BCUT2D eigenvalue weighted by atomic mass is 9.91. The lowest BCUT2D eigenvalue weighted by molar-refractivity contribution is -0.219. The van der Waals surface area contributed by atoms with Crippen LogP contribution < -0.4 is 19.1 Å². The van der Waals surface area contributed by atoms with Crippen LogP contribution in [0.3, 0.4) is 0 Å². The second-order valence-corrected chi connectivity index (χ2v) is 17.8. The normalized spacial score (nSPS) is 15.7. The number of aryl methyl sites for hydroxylation is 1. The van der Waals surface area contributed by atoms with Crippen molar-refractivity contribution in [3.8, 4) is 23.0 Å². The van der Waals surface area contributed by atoms with Gasteiger partial charge in [0.05, 0.1) is 23.3 Å². The summed E-state index contributed by atoms with van der Waals surface area (Å²) < 4.78 is 103. The van der Waals surface area contributed by atoms with Gasteiger partial charge in [0.25, 0.3) is 10.0 Å². The van der Waals surface area contributed by atoms with Crippen LogP contribution in [-0.2, 0) is 31.3 Å². The molecule has 14 nitrogen and oxygen atoms in total. The molecule has 0 unspecified atom stereocenters. The zero-order chi connectivity index (χ0) is 39.5. The third-order valence-electron chi connectivity index (χ3n) is 8.81. The lowest BCUT2D eigenvalue weighted by Crippen LogP contribution is -2.47. The molecule has 2 N–H and O–H groups in total. The van der Waals surface area contributed by atoms with Gasteiger partial charge < -0.3 is 9.64 Å². The Hall–Kier alpha value is -4.78. The molecule has 0 saturated heterocycles. The predicted octanol–water partition coefficient (Wildman–Crippen LogP) is 5.52. The number of anilines is 2. The van der Waals surface area contributed by atoms with Gasteiger partial charge in [-0.2, -0.15) is 21.6 Å².